The summed E-state index contributed by atoms with van der Waals surface area (Å²) in [7, 11) is 0. The predicted octanol–water partition coefficient (Wildman–Crippen LogP) is 3.86. The van der Waals surface area contributed by atoms with Gasteiger partial charge >= 0.3 is 0 Å². The quantitative estimate of drug-likeness (QED) is 0.862. The van der Waals surface area contributed by atoms with Gasteiger partial charge in [-0.2, -0.15) is 0 Å². The van der Waals surface area contributed by atoms with E-state index >= 15 is 0 Å². The van der Waals surface area contributed by atoms with Crippen LogP contribution >= 0.6 is 0 Å². The molecule has 0 bridgehead atoms. The first-order chi connectivity index (χ1) is 8.52. The lowest BCUT2D eigenvalue weighted by Gasteiger charge is -2.34. The minimum absolute atomic E-state index is 0.234. The van der Waals surface area contributed by atoms with Crippen LogP contribution in [-0.2, 0) is 6.42 Å². The number of hydrogen-bond acceptors (Lipinski definition) is 1. The highest BCUT2D eigenvalue weighted by Crippen LogP contribution is 2.50. The third-order valence-corrected chi connectivity index (χ3v) is 4.71. The van der Waals surface area contributed by atoms with Crippen LogP contribution in [0.2, 0.25) is 0 Å². The SMILES string of the molecule is CCCC1CC1n1ccc2c1CC(C)(C)CC2O. The Morgan fingerprint density at radius 2 is 2.22 bits per heavy atom. The highest BCUT2D eigenvalue weighted by Gasteiger charge is 2.41. The lowest BCUT2D eigenvalue weighted by molar-refractivity contribution is 0.0979. The van der Waals surface area contributed by atoms with Crippen molar-refractivity contribution in [2.24, 2.45) is 11.3 Å². The zero-order valence-corrected chi connectivity index (χ0v) is 11.8. The van der Waals surface area contributed by atoms with Crippen molar-refractivity contribution in [3.05, 3.63) is 23.5 Å². The van der Waals surface area contributed by atoms with Gasteiger partial charge in [0.2, 0.25) is 0 Å². The first-order valence-electron chi connectivity index (χ1n) is 7.39. The van der Waals surface area contributed by atoms with Crippen LogP contribution in [0.15, 0.2) is 12.3 Å². The van der Waals surface area contributed by atoms with E-state index in [0.717, 1.165) is 24.8 Å². The lowest BCUT2D eigenvalue weighted by atomic mass is 9.75. The van der Waals surface area contributed by atoms with Crippen molar-refractivity contribution >= 4 is 0 Å². The number of nitrogens with zero attached hydrogens (tertiary/aromatic N) is 1. The average Bonchev–Trinajstić information content (AvgIpc) is 2.88. The molecule has 3 unspecified atom stereocenters. The number of fused-ring (bicyclic) bond motifs is 1. The van der Waals surface area contributed by atoms with Gasteiger partial charge in [-0.15, -0.1) is 0 Å². The second-order valence-corrected chi connectivity index (χ2v) is 7.04. The number of aromatic nitrogens is 1. The zero-order valence-electron chi connectivity index (χ0n) is 11.8. The van der Waals surface area contributed by atoms with E-state index in [1.54, 1.807) is 0 Å². The molecule has 1 N–H and O–H groups in total. The fourth-order valence-electron chi connectivity index (χ4n) is 3.72. The molecule has 18 heavy (non-hydrogen) atoms. The molecule has 1 aromatic heterocycles. The summed E-state index contributed by atoms with van der Waals surface area (Å²) < 4.78 is 2.47. The van der Waals surface area contributed by atoms with Crippen LogP contribution in [0, 0.1) is 11.3 Å². The predicted molar refractivity (Wildman–Crippen MR) is 73.5 cm³/mol. The first-order valence-corrected chi connectivity index (χ1v) is 7.39. The van der Waals surface area contributed by atoms with Crippen LogP contribution in [0.5, 0.6) is 0 Å². The van der Waals surface area contributed by atoms with Crippen molar-refractivity contribution in [1.29, 1.82) is 0 Å². The Bertz CT molecular complexity index is 446. The molecule has 2 aliphatic carbocycles. The van der Waals surface area contributed by atoms with E-state index in [1.807, 2.05) is 0 Å². The largest absolute Gasteiger partial charge is 0.388 e. The summed E-state index contributed by atoms with van der Waals surface area (Å²) in [5.74, 6) is 0.883. The number of aliphatic hydroxyl groups is 1. The maximum atomic E-state index is 10.3. The summed E-state index contributed by atoms with van der Waals surface area (Å²) >= 11 is 0. The summed E-state index contributed by atoms with van der Waals surface area (Å²) in [4.78, 5) is 0. The second kappa shape index (κ2) is 4.12. The number of rotatable bonds is 3. The summed E-state index contributed by atoms with van der Waals surface area (Å²) in [5.41, 5.74) is 2.83. The molecule has 3 atom stereocenters. The minimum atomic E-state index is -0.256. The Hall–Kier alpha value is -0.760. The van der Waals surface area contributed by atoms with E-state index in [4.69, 9.17) is 0 Å². The van der Waals surface area contributed by atoms with E-state index in [1.165, 1.54) is 30.5 Å². The summed E-state index contributed by atoms with van der Waals surface area (Å²) in [6, 6.07) is 2.87. The van der Waals surface area contributed by atoms with Crippen LogP contribution in [0.25, 0.3) is 0 Å². The third-order valence-electron chi connectivity index (χ3n) is 4.71. The summed E-state index contributed by atoms with van der Waals surface area (Å²) in [6.45, 7) is 6.81. The Balaban J connectivity index is 1.87. The molecule has 0 saturated heterocycles. The van der Waals surface area contributed by atoms with E-state index in [2.05, 4.69) is 37.6 Å². The zero-order chi connectivity index (χ0) is 12.9. The molecule has 0 spiro atoms. The third kappa shape index (κ3) is 2.01. The van der Waals surface area contributed by atoms with Crippen molar-refractivity contribution in [1.82, 2.24) is 4.57 Å². The fourth-order valence-corrected chi connectivity index (χ4v) is 3.72. The van der Waals surface area contributed by atoms with Crippen molar-refractivity contribution in [2.45, 2.75) is 65.0 Å². The molecule has 0 aromatic carbocycles. The summed E-state index contributed by atoms with van der Waals surface area (Å²) in [6.07, 6.45) is 7.95. The van der Waals surface area contributed by atoms with E-state index in [-0.39, 0.29) is 11.5 Å². The van der Waals surface area contributed by atoms with Gasteiger partial charge in [0.25, 0.3) is 0 Å². The van der Waals surface area contributed by atoms with Gasteiger partial charge in [0, 0.05) is 23.5 Å². The van der Waals surface area contributed by atoms with Gasteiger partial charge < -0.3 is 9.67 Å². The Morgan fingerprint density at radius 1 is 1.44 bits per heavy atom. The molecule has 100 valence electrons. The molecule has 3 rings (SSSR count). The standard InChI is InChI=1S/C16H25NO/c1-4-5-11-8-13(11)17-7-6-12-14(17)9-16(2,3)10-15(12)18/h6-7,11,13,15,18H,4-5,8-10H2,1-3H3. The monoisotopic (exact) mass is 247 g/mol. The molecule has 1 fully saturated rings. The Labute approximate surface area is 110 Å². The van der Waals surface area contributed by atoms with Gasteiger partial charge in [0.1, 0.15) is 0 Å². The molecule has 1 heterocycles. The highest BCUT2D eigenvalue weighted by molar-refractivity contribution is 5.30. The van der Waals surface area contributed by atoms with Gasteiger partial charge in [0.15, 0.2) is 0 Å². The average molecular weight is 247 g/mol. The maximum absolute atomic E-state index is 10.3. The molecular formula is C16H25NO. The topological polar surface area (TPSA) is 25.2 Å². The van der Waals surface area contributed by atoms with E-state index in [9.17, 15) is 5.11 Å². The summed E-state index contributed by atoms with van der Waals surface area (Å²) in [5, 5.41) is 10.3. The second-order valence-electron chi connectivity index (χ2n) is 7.04. The van der Waals surface area contributed by atoms with Gasteiger partial charge in [-0.1, -0.05) is 27.2 Å². The smallest absolute Gasteiger partial charge is 0.0812 e. The molecule has 1 aromatic rings. The van der Waals surface area contributed by atoms with Crippen LogP contribution in [0.3, 0.4) is 0 Å². The van der Waals surface area contributed by atoms with Crippen molar-refractivity contribution in [3.63, 3.8) is 0 Å². The molecule has 2 aliphatic rings. The maximum Gasteiger partial charge on any atom is 0.0812 e. The van der Waals surface area contributed by atoms with Gasteiger partial charge in [-0.3, -0.25) is 0 Å². The molecule has 1 saturated carbocycles. The van der Waals surface area contributed by atoms with E-state index in [0.29, 0.717) is 0 Å². The Morgan fingerprint density at radius 3 is 2.94 bits per heavy atom. The molecule has 2 nitrogen and oxygen atoms in total. The fraction of sp³-hybridized carbons (Fsp3) is 0.750. The minimum Gasteiger partial charge on any atom is -0.388 e. The first kappa shape index (κ1) is 12.3. The van der Waals surface area contributed by atoms with Gasteiger partial charge in [-0.05, 0) is 43.1 Å². The van der Waals surface area contributed by atoms with Crippen LogP contribution in [0.1, 0.15) is 69.9 Å². The van der Waals surface area contributed by atoms with Gasteiger partial charge in [0.05, 0.1) is 6.10 Å². The van der Waals surface area contributed by atoms with Crippen LogP contribution in [0.4, 0.5) is 0 Å². The van der Waals surface area contributed by atoms with Crippen molar-refractivity contribution in [3.8, 4) is 0 Å². The molecule has 0 amide bonds. The molecule has 2 heteroatoms. The highest BCUT2D eigenvalue weighted by atomic mass is 16.3. The molecule has 0 radical (unpaired) electrons. The molecular weight excluding hydrogens is 222 g/mol. The van der Waals surface area contributed by atoms with Crippen LogP contribution in [-0.4, -0.2) is 9.67 Å². The van der Waals surface area contributed by atoms with Crippen molar-refractivity contribution in [2.75, 3.05) is 0 Å². The van der Waals surface area contributed by atoms with Gasteiger partial charge in [-0.25, -0.2) is 0 Å². The lowest BCUT2D eigenvalue weighted by Crippen LogP contribution is -2.26. The molecule has 0 aliphatic heterocycles. The normalized spacial score (nSPS) is 33.2. The number of aliphatic hydroxyl groups excluding tert-OH is 1. The Kier molecular flexibility index (Phi) is 2.81. The van der Waals surface area contributed by atoms with E-state index < -0.39 is 0 Å². The van der Waals surface area contributed by atoms with Crippen molar-refractivity contribution < 1.29 is 5.11 Å². The van der Waals surface area contributed by atoms with Crippen LogP contribution < -0.4 is 0 Å². The number of hydrogen-bond donors (Lipinski definition) is 1.